The predicted octanol–water partition coefficient (Wildman–Crippen LogP) is 3.57. The lowest BCUT2D eigenvalue weighted by Crippen LogP contribution is -2.19. The van der Waals surface area contributed by atoms with Gasteiger partial charge in [-0.1, -0.05) is 15.9 Å². The zero-order valence-electron chi connectivity index (χ0n) is 11.4. The van der Waals surface area contributed by atoms with Gasteiger partial charge in [-0.05, 0) is 37.7 Å². The Kier molecular flexibility index (Phi) is 4.96. The van der Waals surface area contributed by atoms with Crippen LogP contribution in [0.1, 0.15) is 16.3 Å². The van der Waals surface area contributed by atoms with Crippen molar-refractivity contribution in [2.45, 2.75) is 20.0 Å². The molecule has 0 bridgehead atoms. The monoisotopic (exact) mass is 339 g/mol. The molecule has 2 rings (SSSR count). The highest BCUT2D eigenvalue weighted by atomic mass is 79.9. The van der Waals surface area contributed by atoms with E-state index >= 15 is 0 Å². The number of anilines is 1. The second-order valence-corrected chi connectivity index (χ2v) is 6.50. The van der Waals surface area contributed by atoms with Gasteiger partial charge < -0.3 is 10.2 Å². The molecule has 0 amide bonds. The number of hydrogen-bond acceptors (Lipinski definition) is 4. The number of nitrogens with one attached hydrogen (secondary N) is 1. The van der Waals surface area contributed by atoms with Crippen molar-refractivity contribution in [2.24, 2.45) is 0 Å². The number of aromatic nitrogens is 1. The maximum atomic E-state index is 4.52. The summed E-state index contributed by atoms with van der Waals surface area (Å²) in [5, 5.41) is 6.46. The molecule has 5 heteroatoms. The van der Waals surface area contributed by atoms with Crippen molar-refractivity contribution in [2.75, 3.05) is 19.0 Å². The number of hydrogen-bond donors (Lipinski definition) is 1. The molecule has 0 radical (unpaired) electrons. The van der Waals surface area contributed by atoms with E-state index in [2.05, 4.69) is 61.8 Å². The number of thiazole rings is 1. The van der Waals surface area contributed by atoms with Gasteiger partial charge in [0.05, 0.1) is 17.2 Å². The van der Waals surface area contributed by atoms with E-state index in [1.165, 1.54) is 11.3 Å². The quantitative estimate of drug-likeness (QED) is 0.902. The molecular weight excluding hydrogens is 322 g/mol. The van der Waals surface area contributed by atoms with E-state index in [1.54, 1.807) is 11.3 Å². The molecule has 0 aliphatic rings. The van der Waals surface area contributed by atoms with Crippen molar-refractivity contribution in [1.82, 2.24) is 10.3 Å². The van der Waals surface area contributed by atoms with Crippen molar-refractivity contribution in [1.29, 1.82) is 0 Å². The maximum Gasteiger partial charge on any atom is 0.0898 e. The molecule has 0 saturated carbocycles. The summed E-state index contributed by atoms with van der Waals surface area (Å²) in [5.74, 6) is 0. The zero-order chi connectivity index (χ0) is 13.8. The lowest BCUT2D eigenvalue weighted by molar-refractivity contribution is 0.802. The van der Waals surface area contributed by atoms with Crippen LogP contribution in [0.25, 0.3) is 0 Å². The first-order valence-corrected chi connectivity index (χ1v) is 7.82. The SMILES string of the molecule is CNCc1cc(Br)ccc1N(C)Cc1csc(C)n1. The Morgan fingerprint density at radius 3 is 2.84 bits per heavy atom. The van der Waals surface area contributed by atoms with Crippen LogP contribution in [0.15, 0.2) is 28.1 Å². The molecule has 0 atom stereocenters. The van der Waals surface area contributed by atoms with Crippen molar-refractivity contribution in [3.8, 4) is 0 Å². The van der Waals surface area contributed by atoms with Crippen LogP contribution in [0, 0.1) is 6.92 Å². The number of nitrogens with zero attached hydrogens (tertiary/aromatic N) is 2. The van der Waals surface area contributed by atoms with Gasteiger partial charge in [-0.2, -0.15) is 0 Å². The first-order valence-electron chi connectivity index (χ1n) is 6.15. The molecule has 3 nitrogen and oxygen atoms in total. The Morgan fingerprint density at radius 1 is 1.42 bits per heavy atom. The summed E-state index contributed by atoms with van der Waals surface area (Å²) in [5.41, 5.74) is 3.65. The van der Waals surface area contributed by atoms with E-state index in [0.717, 1.165) is 28.3 Å². The topological polar surface area (TPSA) is 28.2 Å². The normalized spacial score (nSPS) is 10.7. The second-order valence-electron chi connectivity index (χ2n) is 4.52. The van der Waals surface area contributed by atoms with Crippen LogP contribution in [0.5, 0.6) is 0 Å². The molecule has 19 heavy (non-hydrogen) atoms. The molecule has 0 saturated heterocycles. The van der Waals surface area contributed by atoms with Gasteiger partial charge in [0, 0.05) is 29.1 Å². The molecule has 0 unspecified atom stereocenters. The average molecular weight is 340 g/mol. The Balaban J connectivity index is 2.20. The number of benzene rings is 1. The molecule has 0 fully saturated rings. The van der Waals surface area contributed by atoms with Gasteiger partial charge >= 0.3 is 0 Å². The first-order chi connectivity index (χ1) is 9.10. The van der Waals surface area contributed by atoms with Crippen LogP contribution in [0.4, 0.5) is 5.69 Å². The van der Waals surface area contributed by atoms with Gasteiger partial charge in [-0.3, -0.25) is 0 Å². The van der Waals surface area contributed by atoms with Crippen LogP contribution in [-0.2, 0) is 13.1 Å². The Bertz CT molecular complexity index is 553. The summed E-state index contributed by atoms with van der Waals surface area (Å²) in [4.78, 5) is 6.76. The average Bonchev–Trinajstić information content (AvgIpc) is 2.75. The zero-order valence-corrected chi connectivity index (χ0v) is 13.8. The van der Waals surface area contributed by atoms with Crippen LogP contribution in [0.2, 0.25) is 0 Å². The molecule has 1 N–H and O–H groups in total. The fourth-order valence-electron chi connectivity index (χ4n) is 2.07. The third-order valence-corrected chi connectivity index (χ3v) is 4.20. The lowest BCUT2D eigenvalue weighted by Gasteiger charge is -2.22. The predicted molar refractivity (Wildman–Crippen MR) is 85.9 cm³/mol. The van der Waals surface area contributed by atoms with E-state index in [9.17, 15) is 0 Å². The third-order valence-electron chi connectivity index (χ3n) is 2.89. The fourth-order valence-corrected chi connectivity index (χ4v) is 3.08. The second kappa shape index (κ2) is 6.50. The first kappa shape index (κ1) is 14.5. The summed E-state index contributed by atoms with van der Waals surface area (Å²) in [6, 6.07) is 6.39. The highest BCUT2D eigenvalue weighted by molar-refractivity contribution is 9.10. The smallest absolute Gasteiger partial charge is 0.0898 e. The Labute approximate surface area is 126 Å². The van der Waals surface area contributed by atoms with Crippen molar-refractivity contribution >= 4 is 33.0 Å². The van der Waals surface area contributed by atoms with Crippen LogP contribution in [0.3, 0.4) is 0 Å². The van der Waals surface area contributed by atoms with Crippen molar-refractivity contribution in [3.63, 3.8) is 0 Å². The minimum Gasteiger partial charge on any atom is -0.368 e. The highest BCUT2D eigenvalue weighted by Gasteiger charge is 2.09. The summed E-state index contributed by atoms with van der Waals surface area (Å²) < 4.78 is 1.11. The number of aryl methyl sites for hydroxylation is 1. The third kappa shape index (κ3) is 3.78. The van der Waals surface area contributed by atoms with Crippen LogP contribution in [-0.4, -0.2) is 19.1 Å². The van der Waals surface area contributed by atoms with Gasteiger partial charge in [-0.25, -0.2) is 4.98 Å². The molecular formula is C14H18BrN3S. The molecule has 0 aliphatic carbocycles. The molecule has 0 spiro atoms. The fraction of sp³-hybridized carbons (Fsp3) is 0.357. The van der Waals surface area contributed by atoms with Crippen LogP contribution < -0.4 is 10.2 Å². The lowest BCUT2D eigenvalue weighted by atomic mass is 10.1. The molecule has 1 aromatic carbocycles. The number of halogens is 1. The minimum atomic E-state index is 0.836. The van der Waals surface area contributed by atoms with Gasteiger partial charge in [0.15, 0.2) is 0 Å². The largest absolute Gasteiger partial charge is 0.368 e. The maximum absolute atomic E-state index is 4.52. The van der Waals surface area contributed by atoms with E-state index in [1.807, 2.05) is 14.0 Å². The molecule has 1 aromatic heterocycles. The number of rotatable bonds is 5. The Morgan fingerprint density at radius 2 is 2.21 bits per heavy atom. The summed E-state index contributed by atoms with van der Waals surface area (Å²) in [6.45, 7) is 3.73. The minimum absolute atomic E-state index is 0.836. The summed E-state index contributed by atoms with van der Waals surface area (Å²) in [7, 11) is 4.07. The summed E-state index contributed by atoms with van der Waals surface area (Å²) in [6.07, 6.45) is 0. The van der Waals surface area contributed by atoms with Gasteiger partial charge in [-0.15, -0.1) is 11.3 Å². The van der Waals surface area contributed by atoms with Gasteiger partial charge in [0.2, 0.25) is 0 Å². The summed E-state index contributed by atoms with van der Waals surface area (Å²) >= 11 is 5.23. The van der Waals surface area contributed by atoms with Gasteiger partial charge in [0.25, 0.3) is 0 Å². The standard InChI is InChI=1S/C14H18BrN3S/c1-10-17-13(9-19-10)8-18(3)14-5-4-12(15)6-11(14)7-16-2/h4-6,9,16H,7-8H2,1-3H3. The van der Waals surface area contributed by atoms with E-state index in [0.29, 0.717) is 0 Å². The van der Waals surface area contributed by atoms with E-state index < -0.39 is 0 Å². The molecule has 2 aromatic rings. The molecule has 1 heterocycles. The Hall–Kier alpha value is -0.910. The van der Waals surface area contributed by atoms with Gasteiger partial charge in [0.1, 0.15) is 0 Å². The van der Waals surface area contributed by atoms with Crippen molar-refractivity contribution in [3.05, 3.63) is 44.3 Å². The van der Waals surface area contributed by atoms with Crippen LogP contribution >= 0.6 is 27.3 Å². The molecule has 0 aliphatic heterocycles. The van der Waals surface area contributed by atoms with E-state index in [4.69, 9.17) is 0 Å². The van der Waals surface area contributed by atoms with E-state index in [-0.39, 0.29) is 0 Å². The van der Waals surface area contributed by atoms with Crippen molar-refractivity contribution < 1.29 is 0 Å². The highest BCUT2D eigenvalue weighted by Crippen LogP contribution is 2.25. The molecule has 102 valence electrons.